The Labute approximate surface area is 110 Å². The van der Waals surface area contributed by atoms with Crippen LogP contribution in [0.3, 0.4) is 0 Å². The lowest BCUT2D eigenvalue weighted by molar-refractivity contribution is -0.137. The first-order chi connectivity index (χ1) is 8.67. The fraction of sp³-hybridized carbons (Fsp3) is 0.250. The van der Waals surface area contributed by atoms with E-state index in [-0.39, 0.29) is 5.57 Å². The van der Waals surface area contributed by atoms with Gasteiger partial charge in [-0.15, -0.1) is 0 Å². The Balaban J connectivity index is 2.61. The summed E-state index contributed by atoms with van der Waals surface area (Å²) in [7, 11) is 0. The van der Waals surface area contributed by atoms with E-state index in [9.17, 15) is 4.79 Å². The molecule has 0 bridgehead atoms. The van der Waals surface area contributed by atoms with Crippen LogP contribution in [0.5, 0.6) is 0 Å². The SMILES string of the molecule is CCOC(=O)/C(C=NCc1cncc(Cl)c1)=C/N. The molecule has 0 fully saturated rings. The molecule has 5 nitrogen and oxygen atoms in total. The van der Waals surface area contributed by atoms with Gasteiger partial charge in [-0.3, -0.25) is 9.98 Å². The predicted molar refractivity (Wildman–Crippen MR) is 70.3 cm³/mol. The van der Waals surface area contributed by atoms with Crippen molar-refractivity contribution in [2.45, 2.75) is 13.5 Å². The number of carbonyl (C=O) groups excluding carboxylic acids is 1. The lowest BCUT2D eigenvalue weighted by Crippen LogP contribution is -2.10. The largest absolute Gasteiger partial charge is 0.462 e. The van der Waals surface area contributed by atoms with Gasteiger partial charge in [0.15, 0.2) is 0 Å². The van der Waals surface area contributed by atoms with Crippen molar-refractivity contribution in [2.75, 3.05) is 6.61 Å². The molecule has 96 valence electrons. The molecule has 18 heavy (non-hydrogen) atoms. The number of pyridine rings is 1. The van der Waals surface area contributed by atoms with Gasteiger partial charge in [0.25, 0.3) is 0 Å². The molecule has 0 aliphatic rings. The van der Waals surface area contributed by atoms with Crippen molar-refractivity contribution in [1.82, 2.24) is 4.98 Å². The summed E-state index contributed by atoms with van der Waals surface area (Å²) in [6.45, 7) is 2.38. The highest BCUT2D eigenvalue weighted by Gasteiger charge is 2.06. The Bertz CT molecular complexity index is 472. The minimum atomic E-state index is -0.493. The fourth-order valence-electron chi connectivity index (χ4n) is 1.17. The zero-order chi connectivity index (χ0) is 13.4. The van der Waals surface area contributed by atoms with Gasteiger partial charge in [0.1, 0.15) is 0 Å². The monoisotopic (exact) mass is 267 g/mol. The summed E-state index contributed by atoms with van der Waals surface area (Å²) < 4.78 is 4.80. The van der Waals surface area contributed by atoms with Crippen molar-refractivity contribution in [3.05, 3.63) is 40.8 Å². The smallest absolute Gasteiger partial charge is 0.341 e. The molecule has 0 radical (unpaired) electrons. The Morgan fingerprint density at radius 1 is 1.61 bits per heavy atom. The fourth-order valence-corrected chi connectivity index (χ4v) is 1.37. The molecule has 0 saturated heterocycles. The van der Waals surface area contributed by atoms with Crippen LogP contribution < -0.4 is 5.73 Å². The lowest BCUT2D eigenvalue weighted by Gasteiger charge is -2.01. The number of halogens is 1. The molecule has 0 amide bonds. The zero-order valence-corrected chi connectivity index (χ0v) is 10.7. The third-order valence-corrected chi connectivity index (χ3v) is 2.16. The van der Waals surface area contributed by atoms with Gasteiger partial charge >= 0.3 is 5.97 Å². The first-order valence-corrected chi connectivity index (χ1v) is 5.73. The molecule has 1 aromatic heterocycles. The summed E-state index contributed by atoms with van der Waals surface area (Å²) in [5.41, 5.74) is 6.38. The first-order valence-electron chi connectivity index (χ1n) is 5.35. The standard InChI is InChI=1S/C12H14ClN3O2/c1-2-18-12(17)10(4-14)7-15-5-9-3-11(13)8-16-6-9/h3-4,6-8H,2,5,14H2,1H3/b10-4+,15-7?. The highest BCUT2D eigenvalue weighted by atomic mass is 35.5. The van der Waals surface area contributed by atoms with E-state index in [4.69, 9.17) is 22.1 Å². The second kappa shape index (κ2) is 7.45. The molecule has 0 spiro atoms. The molecule has 6 heteroatoms. The molecule has 0 aliphatic heterocycles. The van der Waals surface area contributed by atoms with E-state index >= 15 is 0 Å². The molecule has 0 saturated carbocycles. The predicted octanol–water partition coefficient (Wildman–Crippen LogP) is 1.71. The number of hydrogen-bond acceptors (Lipinski definition) is 5. The number of rotatable bonds is 5. The maximum atomic E-state index is 11.4. The Morgan fingerprint density at radius 2 is 2.39 bits per heavy atom. The van der Waals surface area contributed by atoms with Crippen molar-refractivity contribution in [3.63, 3.8) is 0 Å². The van der Waals surface area contributed by atoms with Crippen LogP contribution in [0.4, 0.5) is 0 Å². The second-order valence-corrected chi connectivity index (χ2v) is 3.76. The molecule has 1 rings (SSSR count). The van der Waals surface area contributed by atoms with Crippen molar-refractivity contribution in [1.29, 1.82) is 0 Å². The van der Waals surface area contributed by atoms with Crippen molar-refractivity contribution in [2.24, 2.45) is 10.7 Å². The number of ether oxygens (including phenoxy) is 1. The normalized spacial score (nSPS) is 11.8. The van der Waals surface area contributed by atoms with Crippen LogP contribution in [0.1, 0.15) is 12.5 Å². The van der Waals surface area contributed by atoms with Gasteiger partial charge in [-0.1, -0.05) is 11.6 Å². The Hall–Kier alpha value is -1.88. The maximum Gasteiger partial charge on any atom is 0.341 e. The Morgan fingerprint density at radius 3 is 3.00 bits per heavy atom. The van der Waals surface area contributed by atoms with Gasteiger partial charge in [0, 0.05) is 24.8 Å². The van der Waals surface area contributed by atoms with Crippen molar-refractivity contribution < 1.29 is 9.53 Å². The van der Waals surface area contributed by atoms with Crippen molar-refractivity contribution >= 4 is 23.8 Å². The van der Waals surface area contributed by atoms with Crippen molar-refractivity contribution in [3.8, 4) is 0 Å². The van der Waals surface area contributed by atoms with E-state index in [1.165, 1.54) is 6.21 Å². The molecular weight excluding hydrogens is 254 g/mol. The summed E-state index contributed by atoms with van der Waals surface area (Å²) >= 11 is 5.79. The summed E-state index contributed by atoms with van der Waals surface area (Å²) in [5, 5.41) is 0.544. The lowest BCUT2D eigenvalue weighted by atomic mass is 10.3. The summed E-state index contributed by atoms with van der Waals surface area (Å²) in [6.07, 6.45) is 5.73. The van der Waals surface area contributed by atoms with Crippen LogP contribution in [0.2, 0.25) is 5.02 Å². The van der Waals surface area contributed by atoms with Crippen LogP contribution in [0.25, 0.3) is 0 Å². The highest BCUT2D eigenvalue weighted by molar-refractivity contribution is 6.30. The topological polar surface area (TPSA) is 77.6 Å². The molecule has 0 aliphatic carbocycles. The van der Waals surface area contributed by atoms with Gasteiger partial charge < -0.3 is 10.5 Å². The summed E-state index contributed by atoms with van der Waals surface area (Å²) in [6, 6.07) is 1.75. The van der Waals surface area contributed by atoms with E-state index in [2.05, 4.69) is 9.98 Å². The highest BCUT2D eigenvalue weighted by Crippen LogP contribution is 2.09. The zero-order valence-electron chi connectivity index (χ0n) is 9.97. The number of nitrogens with zero attached hydrogens (tertiary/aromatic N) is 2. The molecule has 0 unspecified atom stereocenters. The van der Waals surface area contributed by atoms with Crippen LogP contribution in [0, 0.1) is 0 Å². The molecule has 1 heterocycles. The van der Waals surface area contributed by atoms with Gasteiger partial charge in [0.05, 0.1) is 23.7 Å². The van der Waals surface area contributed by atoms with E-state index in [0.717, 1.165) is 11.8 Å². The average molecular weight is 268 g/mol. The third-order valence-electron chi connectivity index (χ3n) is 1.96. The quantitative estimate of drug-likeness (QED) is 0.500. The summed E-state index contributed by atoms with van der Waals surface area (Å²) in [5.74, 6) is -0.493. The van der Waals surface area contributed by atoms with E-state index in [0.29, 0.717) is 18.2 Å². The molecular formula is C12H14ClN3O2. The number of nitrogens with two attached hydrogens (primary N) is 1. The molecule has 0 aromatic carbocycles. The average Bonchev–Trinajstić information content (AvgIpc) is 2.35. The van der Waals surface area contributed by atoms with E-state index in [1.54, 1.807) is 25.4 Å². The summed E-state index contributed by atoms with van der Waals surface area (Å²) in [4.78, 5) is 19.4. The van der Waals surface area contributed by atoms with Crippen LogP contribution >= 0.6 is 11.6 Å². The Kier molecular flexibility index (Phi) is 5.87. The van der Waals surface area contributed by atoms with Crippen LogP contribution in [-0.4, -0.2) is 23.8 Å². The minimum absolute atomic E-state index is 0.215. The number of aromatic nitrogens is 1. The molecule has 0 atom stereocenters. The van der Waals surface area contributed by atoms with Gasteiger partial charge in [0.2, 0.25) is 0 Å². The van der Waals surface area contributed by atoms with Gasteiger partial charge in [-0.25, -0.2) is 4.79 Å². The number of esters is 1. The second-order valence-electron chi connectivity index (χ2n) is 3.32. The van der Waals surface area contributed by atoms with Crippen LogP contribution in [0.15, 0.2) is 35.2 Å². The minimum Gasteiger partial charge on any atom is -0.462 e. The molecule has 2 N–H and O–H groups in total. The molecule has 1 aromatic rings. The number of aliphatic imine (C=N–C) groups is 1. The van der Waals surface area contributed by atoms with Gasteiger partial charge in [-0.2, -0.15) is 0 Å². The number of carbonyl (C=O) groups is 1. The van der Waals surface area contributed by atoms with Crippen LogP contribution in [-0.2, 0) is 16.1 Å². The maximum absolute atomic E-state index is 11.4. The van der Waals surface area contributed by atoms with E-state index < -0.39 is 5.97 Å². The first kappa shape index (κ1) is 14.2. The van der Waals surface area contributed by atoms with Gasteiger partial charge in [-0.05, 0) is 18.6 Å². The van der Waals surface area contributed by atoms with E-state index in [1.807, 2.05) is 0 Å². The number of hydrogen-bond donors (Lipinski definition) is 1. The third kappa shape index (κ3) is 4.55.